The number of benzene rings is 1. The van der Waals surface area contributed by atoms with Crippen LogP contribution in [0.2, 0.25) is 0 Å². The number of hydrogen-bond acceptors (Lipinski definition) is 4. The molecule has 1 aromatic heterocycles. The Morgan fingerprint density at radius 2 is 2.05 bits per heavy atom. The van der Waals surface area contributed by atoms with Gasteiger partial charge in [-0.1, -0.05) is 25.1 Å². The fourth-order valence-electron chi connectivity index (χ4n) is 2.89. The Morgan fingerprint density at radius 1 is 1.33 bits per heavy atom. The number of para-hydroxylation sites is 1. The smallest absolute Gasteiger partial charge is 0.329 e. The van der Waals surface area contributed by atoms with Gasteiger partial charge in [0.05, 0.1) is 5.52 Å². The van der Waals surface area contributed by atoms with Crippen LogP contribution < -0.4 is 5.32 Å². The number of nitrogens with zero attached hydrogens (tertiary/aromatic N) is 2. The Hall–Kier alpha value is -2.17. The van der Waals surface area contributed by atoms with Gasteiger partial charge in [0.2, 0.25) is 5.95 Å². The molecule has 1 aliphatic carbocycles. The third-order valence-corrected chi connectivity index (χ3v) is 4.38. The number of rotatable bonds is 3. The zero-order chi connectivity index (χ0) is 14.9. The third kappa shape index (κ3) is 2.68. The fraction of sp³-hybridized carbons (Fsp3) is 0.438. The first-order valence-electron chi connectivity index (χ1n) is 7.32. The molecule has 0 spiro atoms. The Morgan fingerprint density at radius 3 is 2.76 bits per heavy atom. The lowest BCUT2D eigenvalue weighted by molar-refractivity contribution is -0.143. The SMILES string of the molecule is CC1CCC(Nc2ncc3ccccc3n2)(C(=O)O)CC1. The van der Waals surface area contributed by atoms with Gasteiger partial charge < -0.3 is 10.4 Å². The summed E-state index contributed by atoms with van der Waals surface area (Å²) in [6.07, 6.45) is 4.77. The highest BCUT2D eigenvalue weighted by atomic mass is 16.4. The van der Waals surface area contributed by atoms with Crippen LogP contribution in [-0.2, 0) is 4.79 Å². The van der Waals surface area contributed by atoms with Gasteiger partial charge in [-0.3, -0.25) is 0 Å². The second kappa shape index (κ2) is 5.31. The van der Waals surface area contributed by atoms with Gasteiger partial charge in [-0.25, -0.2) is 14.8 Å². The number of hydrogen-bond donors (Lipinski definition) is 2. The number of aromatic nitrogens is 2. The molecule has 2 aromatic rings. The van der Waals surface area contributed by atoms with Crippen molar-refractivity contribution >= 4 is 22.8 Å². The molecular weight excluding hydrogens is 266 g/mol. The summed E-state index contributed by atoms with van der Waals surface area (Å²) in [7, 11) is 0. The zero-order valence-corrected chi connectivity index (χ0v) is 12.0. The fourth-order valence-corrected chi connectivity index (χ4v) is 2.89. The van der Waals surface area contributed by atoms with Crippen LogP contribution in [0.5, 0.6) is 0 Å². The standard InChI is InChI=1S/C16H19N3O2/c1-11-6-8-16(9-7-11,14(20)21)19-15-17-10-12-4-2-3-5-13(12)18-15/h2-5,10-11H,6-9H2,1H3,(H,20,21)(H,17,18,19). The first-order chi connectivity index (χ1) is 10.1. The molecule has 1 saturated carbocycles. The van der Waals surface area contributed by atoms with Crippen LogP contribution in [0.15, 0.2) is 30.5 Å². The van der Waals surface area contributed by atoms with Crippen LogP contribution in [0.4, 0.5) is 5.95 Å². The van der Waals surface area contributed by atoms with E-state index in [9.17, 15) is 9.90 Å². The largest absolute Gasteiger partial charge is 0.480 e. The van der Waals surface area contributed by atoms with Gasteiger partial charge in [0.25, 0.3) is 0 Å². The third-order valence-electron chi connectivity index (χ3n) is 4.38. The molecule has 0 atom stereocenters. The van der Waals surface area contributed by atoms with E-state index in [0.717, 1.165) is 23.7 Å². The minimum absolute atomic E-state index is 0.394. The summed E-state index contributed by atoms with van der Waals surface area (Å²) in [6, 6.07) is 7.68. The van der Waals surface area contributed by atoms with Crippen LogP contribution in [0, 0.1) is 5.92 Å². The second-order valence-electron chi connectivity index (χ2n) is 5.95. The molecule has 0 unspecified atom stereocenters. The van der Waals surface area contributed by atoms with Crippen LogP contribution in [-0.4, -0.2) is 26.6 Å². The highest BCUT2D eigenvalue weighted by Gasteiger charge is 2.41. The lowest BCUT2D eigenvalue weighted by atomic mass is 9.77. The van der Waals surface area contributed by atoms with E-state index in [1.165, 1.54) is 0 Å². The Bertz CT molecular complexity index is 663. The minimum atomic E-state index is -0.936. The molecule has 110 valence electrons. The molecule has 1 aromatic carbocycles. The molecule has 1 aliphatic rings. The van der Waals surface area contributed by atoms with E-state index in [-0.39, 0.29) is 0 Å². The molecule has 2 N–H and O–H groups in total. The zero-order valence-electron chi connectivity index (χ0n) is 12.0. The summed E-state index contributed by atoms with van der Waals surface area (Å²) in [5.74, 6) is 0.161. The maximum absolute atomic E-state index is 11.7. The van der Waals surface area contributed by atoms with E-state index in [0.29, 0.717) is 24.7 Å². The van der Waals surface area contributed by atoms with Crippen molar-refractivity contribution < 1.29 is 9.90 Å². The summed E-state index contributed by atoms with van der Waals surface area (Å²) in [6.45, 7) is 2.16. The number of aliphatic carboxylic acids is 1. The van der Waals surface area contributed by atoms with Gasteiger partial charge in [-0.05, 0) is 37.7 Å². The first-order valence-corrected chi connectivity index (χ1v) is 7.32. The van der Waals surface area contributed by atoms with E-state index < -0.39 is 11.5 Å². The molecule has 0 saturated heterocycles. The molecule has 0 radical (unpaired) electrons. The van der Waals surface area contributed by atoms with E-state index in [2.05, 4.69) is 22.2 Å². The molecule has 0 aliphatic heterocycles. The highest BCUT2D eigenvalue weighted by molar-refractivity contribution is 5.83. The van der Waals surface area contributed by atoms with Gasteiger partial charge in [0.1, 0.15) is 5.54 Å². The highest BCUT2D eigenvalue weighted by Crippen LogP contribution is 2.34. The van der Waals surface area contributed by atoms with Crippen molar-refractivity contribution in [1.29, 1.82) is 0 Å². The van der Waals surface area contributed by atoms with E-state index in [1.54, 1.807) is 6.20 Å². The molecule has 1 fully saturated rings. The molecule has 5 nitrogen and oxygen atoms in total. The molecular formula is C16H19N3O2. The maximum Gasteiger partial charge on any atom is 0.329 e. The molecule has 0 bridgehead atoms. The first kappa shape index (κ1) is 13.8. The Balaban J connectivity index is 1.89. The number of carboxylic acids is 1. The quantitative estimate of drug-likeness (QED) is 0.906. The van der Waals surface area contributed by atoms with Gasteiger partial charge in [-0.2, -0.15) is 0 Å². The summed E-state index contributed by atoms with van der Waals surface area (Å²) in [5.41, 5.74) is -0.116. The Kier molecular flexibility index (Phi) is 3.49. The molecule has 3 rings (SSSR count). The van der Waals surface area contributed by atoms with Crippen LogP contribution in [0.1, 0.15) is 32.6 Å². The van der Waals surface area contributed by atoms with Crippen molar-refractivity contribution in [2.75, 3.05) is 5.32 Å². The summed E-state index contributed by atoms with van der Waals surface area (Å²) in [5, 5.41) is 13.7. The predicted molar refractivity (Wildman–Crippen MR) is 81.2 cm³/mol. The van der Waals surface area contributed by atoms with Crippen LogP contribution >= 0.6 is 0 Å². The van der Waals surface area contributed by atoms with Gasteiger partial charge >= 0.3 is 5.97 Å². The minimum Gasteiger partial charge on any atom is -0.480 e. The van der Waals surface area contributed by atoms with E-state index >= 15 is 0 Å². The summed E-state index contributed by atoms with van der Waals surface area (Å²) in [4.78, 5) is 20.4. The number of nitrogens with one attached hydrogen (secondary N) is 1. The van der Waals surface area contributed by atoms with E-state index in [1.807, 2.05) is 24.3 Å². The van der Waals surface area contributed by atoms with E-state index in [4.69, 9.17) is 0 Å². The number of carboxylic acid groups (broad SMARTS) is 1. The van der Waals surface area contributed by atoms with Crippen molar-refractivity contribution in [2.24, 2.45) is 5.92 Å². The average molecular weight is 285 g/mol. The lowest BCUT2D eigenvalue weighted by Crippen LogP contribution is -2.49. The molecule has 5 heteroatoms. The van der Waals surface area contributed by atoms with Crippen LogP contribution in [0.3, 0.4) is 0 Å². The number of carbonyl (C=O) groups is 1. The van der Waals surface area contributed by atoms with Crippen LogP contribution in [0.25, 0.3) is 10.9 Å². The maximum atomic E-state index is 11.7. The lowest BCUT2D eigenvalue weighted by Gasteiger charge is -2.36. The summed E-state index contributed by atoms with van der Waals surface area (Å²) >= 11 is 0. The van der Waals surface area contributed by atoms with Gasteiger partial charge in [-0.15, -0.1) is 0 Å². The molecule has 1 heterocycles. The number of fused-ring (bicyclic) bond motifs is 1. The normalized spacial score (nSPS) is 25.7. The van der Waals surface area contributed by atoms with Crippen molar-refractivity contribution in [3.8, 4) is 0 Å². The van der Waals surface area contributed by atoms with Crippen molar-refractivity contribution in [3.63, 3.8) is 0 Å². The molecule has 0 amide bonds. The monoisotopic (exact) mass is 285 g/mol. The van der Waals surface area contributed by atoms with Gasteiger partial charge in [0, 0.05) is 11.6 Å². The Labute approximate surface area is 123 Å². The van der Waals surface area contributed by atoms with Crippen molar-refractivity contribution in [1.82, 2.24) is 9.97 Å². The van der Waals surface area contributed by atoms with Gasteiger partial charge in [0.15, 0.2) is 0 Å². The van der Waals surface area contributed by atoms with Crippen molar-refractivity contribution in [3.05, 3.63) is 30.5 Å². The average Bonchev–Trinajstić information content (AvgIpc) is 2.49. The number of anilines is 1. The predicted octanol–water partition coefficient (Wildman–Crippen LogP) is 3.08. The summed E-state index contributed by atoms with van der Waals surface area (Å²) < 4.78 is 0. The second-order valence-corrected chi connectivity index (χ2v) is 5.95. The molecule has 21 heavy (non-hydrogen) atoms. The van der Waals surface area contributed by atoms with Crippen molar-refractivity contribution in [2.45, 2.75) is 38.1 Å². The topological polar surface area (TPSA) is 75.1 Å².